The average molecular weight is 1850 g/mol. The third kappa shape index (κ3) is 23.6. The summed E-state index contributed by atoms with van der Waals surface area (Å²) in [5.74, 6) is -85.2. The van der Waals surface area contributed by atoms with Crippen LogP contribution in [0.3, 0.4) is 0 Å². The number of non-ortho nitro benzene ring substituents is 1. The largest absolute Gasteiger partial charge is 0.481 e. The van der Waals surface area contributed by atoms with E-state index in [1.165, 1.54) is 72.1 Å². The van der Waals surface area contributed by atoms with E-state index in [-0.39, 0.29) is 64.4 Å². The van der Waals surface area contributed by atoms with Gasteiger partial charge in [-0.05, 0) is 86.9 Å². The van der Waals surface area contributed by atoms with Gasteiger partial charge < -0.3 is 86.4 Å². The molecule has 3 aromatic carbocycles. The second kappa shape index (κ2) is 41.2. The number of carboxylic acids is 14. The van der Waals surface area contributed by atoms with E-state index in [0.29, 0.717) is 34.3 Å². The summed E-state index contributed by atoms with van der Waals surface area (Å²) in [6, 6.07) is 12.1. The number of nitro groups is 1. The van der Waals surface area contributed by atoms with Crippen molar-refractivity contribution in [3.05, 3.63) is 122 Å². The molecule has 3 aromatic rings. The number of benzene rings is 3. The molecule has 3 amide bonds. The molecule has 6 aliphatic rings. The van der Waals surface area contributed by atoms with Crippen LogP contribution in [0.1, 0.15) is 88.5 Å². The third-order valence-corrected chi connectivity index (χ3v) is 21.0. The van der Waals surface area contributed by atoms with E-state index >= 15 is 0 Å². The average Bonchev–Trinajstić information content (AvgIpc) is 1.62. The monoisotopic (exact) mass is 1850 g/mol. The van der Waals surface area contributed by atoms with E-state index in [0.717, 1.165) is 17.0 Å². The number of hydrogen-bond donors (Lipinski definition) is 15. The van der Waals surface area contributed by atoms with Crippen LogP contribution in [0.2, 0.25) is 5.02 Å². The molecule has 4 aliphatic heterocycles. The minimum Gasteiger partial charge on any atom is -0.481 e. The Hall–Kier alpha value is -12.1. The second-order valence-electron chi connectivity index (χ2n) is 26.6. The highest BCUT2D eigenvalue weighted by Crippen LogP contribution is 2.63. The van der Waals surface area contributed by atoms with Crippen LogP contribution in [0.5, 0.6) is 0 Å². The van der Waals surface area contributed by atoms with E-state index in [4.69, 9.17) is 82.7 Å². The number of amides is 3. The number of allylic oxidation sites excluding steroid dienone is 2. The Bertz CT molecular complexity index is 4450. The van der Waals surface area contributed by atoms with Crippen LogP contribution in [-0.4, -0.2) is 288 Å². The zero-order valence-corrected chi connectivity index (χ0v) is 64.1. The quantitative estimate of drug-likeness (QED) is 0.00594. The molecule has 12 atom stereocenters. The number of nitro benzene ring substituents is 1. The number of aliphatic carboxylic acids is 14. The highest BCUT2D eigenvalue weighted by atomic mass is 35.5. The van der Waals surface area contributed by atoms with Crippen molar-refractivity contribution in [2.45, 2.75) is 123 Å². The number of carbonyl (C=O) groups excluding carboxylic acids is 3. The molecule has 38 nitrogen and oxygen atoms in total. The first-order chi connectivity index (χ1) is 56.2. The Morgan fingerprint density at radius 2 is 0.919 bits per heavy atom. The molecule has 0 aromatic heterocycles. The van der Waals surface area contributed by atoms with Crippen molar-refractivity contribution < 1.29 is 224 Å². The number of thioether (sulfide) groups is 2. The summed E-state index contributed by atoms with van der Waals surface area (Å²) in [4.78, 5) is 197. The fraction of sp³-hybridized carbons (Fsp3) is 0.456. The van der Waals surface area contributed by atoms with Crippen molar-refractivity contribution in [2.75, 3.05) is 29.7 Å². The normalized spacial score (nSPS) is 22.2. The SMILES string of the molecule is C[C@]12CC[C@](C)(O1)C(C(=O)O)C2C(=O)O.O=C(O)C(F)(F)C(F)(F)C(F)(F)C(F)(F)C(F)(F)C(F)(F)C(F)(F)C(=O)O.O=C(O)C1NCCN(C(=O)c2ccc(Cl)cc2)C1C(=O)O.O=C(O)CC(C(=O)O)N1C(=O)c2ccccc2C1=O.O=C(O)CC(C(=O)O)c1ccc([N+](=O)[O-])cc1.O=C(O)CSCSCC(=O)O.O=C(O)[C@H]1[C@H](C(=O)O)[C@H]2C=C[C@@H]1C2. The molecule has 678 valence electrons. The number of imide groups is 1. The predicted octanol–water partition coefficient (Wildman–Crippen LogP) is 7.25. The molecule has 2 aliphatic carbocycles. The predicted molar refractivity (Wildman–Crippen MR) is 377 cm³/mol. The van der Waals surface area contributed by atoms with Crippen molar-refractivity contribution in [1.29, 1.82) is 0 Å². The Balaban J connectivity index is 0.000000376. The van der Waals surface area contributed by atoms with E-state index in [9.17, 15) is 158 Å². The van der Waals surface area contributed by atoms with Crippen LogP contribution in [0.25, 0.3) is 0 Å². The maximum Gasteiger partial charge on any atom is 0.410 e. The summed E-state index contributed by atoms with van der Waals surface area (Å²) >= 11 is 8.15. The molecule has 0 radical (unpaired) electrons. The van der Waals surface area contributed by atoms with Gasteiger partial charge in [0.15, 0.2) is 6.04 Å². The lowest BCUT2D eigenvalue weighted by atomic mass is 9.68. The van der Waals surface area contributed by atoms with Gasteiger partial charge in [-0.3, -0.25) is 77.3 Å². The first-order valence-electron chi connectivity index (χ1n) is 33.5. The van der Waals surface area contributed by atoms with Crippen molar-refractivity contribution in [3.8, 4) is 0 Å². The van der Waals surface area contributed by atoms with E-state index in [1.54, 1.807) is 26.0 Å². The van der Waals surface area contributed by atoms with Crippen molar-refractivity contribution in [1.82, 2.24) is 15.1 Å². The highest BCUT2D eigenvalue weighted by Gasteiger charge is 2.94. The van der Waals surface area contributed by atoms with Gasteiger partial charge in [0, 0.05) is 40.9 Å². The summed E-state index contributed by atoms with van der Waals surface area (Å²) in [6.07, 6.45) is 4.20. The van der Waals surface area contributed by atoms with E-state index in [1.807, 2.05) is 12.2 Å². The number of hydrogen-bond acceptors (Lipinski definition) is 23. The maximum atomic E-state index is 13.0. The summed E-state index contributed by atoms with van der Waals surface area (Å²) in [7, 11) is 0. The molecular weight excluding hydrogens is 1780 g/mol. The molecule has 9 rings (SSSR count). The van der Waals surface area contributed by atoms with Gasteiger partial charge in [0.05, 0.1) is 69.4 Å². The van der Waals surface area contributed by atoms with Gasteiger partial charge in [0.1, 0.15) is 23.9 Å². The summed E-state index contributed by atoms with van der Waals surface area (Å²) < 4.78 is 185. The molecule has 4 bridgehead atoms. The zero-order chi connectivity index (χ0) is 95.1. The highest BCUT2D eigenvalue weighted by molar-refractivity contribution is 8.16. The Kier molecular flexibility index (Phi) is 35.2. The summed E-state index contributed by atoms with van der Waals surface area (Å²) in [6.45, 7) is 3.71. The molecule has 1 saturated carbocycles. The molecule has 55 heteroatoms. The van der Waals surface area contributed by atoms with Gasteiger partial charge in [-0.15, -0.1) is 23.5 Å². The van der Waals surface area contributed by atoms with E-state index < -0.39 is 219 Å². The van der Waals surface area contributed by atoms with Gasteiger partial charge in [0.25, 0.3) is 23.4 Å². The Morgan fingerprint density at radius 3 is 1.24 bits per heavy atom. The van der Waals surface area contributed by atoms with Gasteiger partial charge in [-0.1, -0.05) is 48.0 Å². The van der Waals surface area contributed by atoms with Crippen molar-refractivity contribution >= 4 is 142 Å². The maximum absolute atomic E-state index is 13.0. The van der Waals surface area contributed by atoms with Crippen LogP contribution in [-0.2, 0) is 71.9 Å². The van der Waals surface area contributed by atoms with Crippen LogP contribution in [0.15, 0.2) is 84.9 Å². The van der Waals surface area contributed by atoms with Gasteiger partial charge in [-0.25, -0.2) is 19.2 Å². The fourth-order valence-corrected chi connectivity index (χ4v) is 14.3. The van der Waals surface area contributed by atoms with Crippen LogP contribution in [0, 0.1) is 45.6 Å². The number of rotatable bonds is 30. The standard InChI is InChI=1S/C13H13ClN2O5.C12H9NO6.C10H9NO6.C10H14O5.C9H2F14O4.C9H10O4.C5H8O4S2/c14-8-3-1-7(2-4-8)11(17)16-6-5-15-9(12(18)19)10(16)13(20)21;14-9(15)5-8(12(18)19)13-10(16)6-3-1-2-4-7(6)11(13)17;12-9(13)5-8(10(14)15)6-1-3-7(4-2-6)11(16)17;1-9-3-4-10(2,15-9)6(8(13)14)5(9)7(11)12;10-3(11,1(24)25)5(14,15)7(18,19)9(22,23)8(20,21)6(16,17)4(12,13)2(26)27;10-8(11)6-4-1-2-5(3-4)7(6)9(12)13;6-4(7)1-10-3-11-2-5(8)9/h1-4,9-10,15H,5-6H2,(H,18,19)(H,20,21);1-4,8H,5H2,(H,14,15)(H,18,19);1-4,8H,5H2,(H,12,13)(H,14,15);5-6H,3-4H2,1-2H3,(H,11,12)(H,13,14);(H,24,25)(H,26,27);1-2,4-7H,3H2,(H,10,11)(H,12,13);1-3H2,(H,6,7)(H,8,9)/t;;;5?,6?,9-,10+;;4-,5+,6-,7-;/m.....1./s1. The lowest BCUT2D eigenvalue weighted by molar-refractivity contribution is -0.435. The molecule has 3 saturated heterocycles. The number of ether oxygens (including phenoxy) is 1. The second-order valence-corrected chi connectivity index (χ2v) is 29.4. The summed E-state index contributed by atoms with van der Waals surface area (Å²) in [5.41, 5.74) is -1.14. The number of nitrogens with zero attached hydrogens (tertiary/aromatic N) is 3. The number of nitrogens with one attached hydrogen (secondary N) is 1. The number of carbonyl (C=O) groups is 17. The minimum absolute atomic E-state index is 0.0343. The van der Waals surface area contributed by atoms with Gasteiger partial charge in [-0.2, -0.15) is 61.5 Å². The topological polar surface area (TPSA) is 644 Å². The minimum atomic E-state index is -8.51. The van der Waals surface area contributed by atoms with Crippen LogP contribution in [0.4, 0.5) is 67.2 Å². The van der Waals surface area contributed by atoms with Gasteiger partial charge in [0.2, 0.25) is 0 Å². The number of alkyl halides is 14. The molecule has 4 heterocycles. The summed E-state index contributed by atoms with van der Waals surface area (Å²) in [5, 5.41) is 135. The first kappa shape index (κ1) is 105. The van der Waals surface area contributed by atoms with Gasteiger partial charge >= 0.3 is 125 Å². The fourth-order valence-electron chi connectivity index (χ4n) is 12.7. The smallest absolute Gasteiger partial charge is 0.410 e. The van der Waals surface area contributed by atoms with Crippen molar-refractivity contribution in [3.63, 3.8) is 0 Å². The first-order valence-corrected chi connectivity index (χ1v) is 36.2. The molecule has 15 N–H and O–H groups in total. The lowest BCUT2D eigenvalue weighted by Crippen LogP contribution is -2.74. The number of halogens is 15. The molecular formula is C68H65ClF14N4O34S2. The third-order valence-electron chi connectivity index (χ3n) is 18.5. The van der Waals surface area contributed by atoms with Crippen molar-refractivity contribution in [2.24, 2.45) is 35.5 Å². The van der Waals surface area contributed by atoms with Crippen LogP contribution < -0.4 is 5.32 Å². The molecule has 6 unspecified atom stereocenters. The molecule has 4 fully saturated rings. The van der Waals surface area contributed by atoms with E-state index in [2.05, 4.69) is 5.32 Å². The Labute approximate surface area is 689 Å². The Morgan fingerprint density at radius 1 is 0.528 bits per heavy atom. The number of carboxylic acid groups (broad SMARTS) is 14. The molecule has 0 spiro atoms. The van der Waals surface area contributed by atoms with Crippen LogP contribution >= 0.6 is 35.1 Å². The number of piperazine rings is 1. The lowest BCUT2D eigenvalue weighted by Gasteiger charge is -2.41. The zero-order valence-electron chi connectivity index (χ0n) is 61.7. The number of fused-ring (bicyclic) bond motifs is 5. The molecule has 123 heavy (non-hydrogen) atoms.